The summed E-state index contributed by atoms with van der Waals surface area (Å²) in [5.41, 5.74) is 4.66. The fourth-order valence-electron chi connectivity index (χ4n) is 3.33. The van der Waals surface area contributed by atoms with Crippen LogP contribution in [0.15, 0.2) is 29.1 Å². The van der Waals surface area contributed by atoms with Crippen molar-refractivity contribution in [1.82, 2.24) is 9.88 Å². The normalized spacial score (nSPS) is 11.4. The van der Waals surface area contributed by atoms with Gasteiger partial charge in [0.05, 0.1) is 0 Å². The molecule has 1 aromatic heterocycles. The first-order chi connectivity index (χ1) is 13.0. The van der Waals surface area contributed by atoms with Crippen LogP contribution in [0.3, 0.4) is 0 Å². The molecule has 28 heavy (non-hydrogen) atoms. The first kappa shape index (κ1) is 21.2. The molecule has 0 bridgehead atoms. The molecule has 0 aliphatic heterocycles. The summed E-state index contributed by atoms with van der Waals surface area (Å²) in [4.78, 5) is 39.9. The van der Waals surface area contributed by atoms with E-state index in [-0.39, 0.29) is 23.5 Å². The highest BCUT2D eigenvalue weighted by molar-refractivity contribution is 6.07. The first-order valence-corrected chi connectivity index (χ1v) is 8.92. The lowest BCUT2D eigenvalue weighted by Gasteiger charge is -2.30. The second kappa shape index (κ2) is 8.26. The Morgan fingerprint density at radius 2 is 1.64 bits per heavy atom. The number of carboxylic acids is 2. The van der Waals surface area contributed by atoms with Crippen LogP contribution in [-0.4, -0.2) is 44.1 Å². The van der Waals surface area contributed by atoms with Gasteiger partial charge in [-0.15, -0.1) is 0 Å². The zero-order valence-electron chi connectivity index (χ0n) is 16.3. The van der Waals surface area contributed by atoms with Gasteiger partial charge in [0, 0.05) is 24.2 Å². The van der Waals surface area contributed by atoms with Gasteiger partial charge in [0.1, 0.15) is 16.9 Å². The summed E-state index contributed by atoms with van der Waals surface area (Å²) in [5.74, 6) is -3.31. The van der Waals surface area contributed by atoms with E-state index in [0.29, 0.717) is 12.1 Å². The summed E-state index contributed by atoms with van der Waals surface area (Å²) in [6.07, 6.45) is 0. The summed E-state index contributed by atoms with van der Waals surface area (Å²) in [6, 6.07) is 7.42. The van der Waals surface area contributed by atoms with Gasteiger partial charge in [-0.3, -0.25) is 9.69 Å². The van der Waals surface area contributed by atoms with E-state index in [0.717, 1.165) is 5.56 Å². The number of carboxylic acid groups (broad SMARTS) is 2. The molecular weight excluding hydrogens is 362 g/mol. The number of hydrogen-bond acceptors (Lipinski definition) is 5. The van der Waals surface area contributed by atoms with E-state index >= 15 is 0 Å². The Morgan fingerprint density at radius 1 is 1.07 bits per heavy atom. The fraction of sp³-hybridized carbons (Fsp3) is 0.350. The number of nitrogens with zero attached hydrogens (tertiary/aromatic N) is 1. The average molecular weight is 387 g/mol. The number of carbonyl (C=O) groups is 2. The average Bonchev–Trinajstić information content (AvgIpc) is 2.57. The second-order valence-corrected chi connectivity index (χ2v) is 7.16. The number of nitrogen functional groups attached to an aromatic ring is 1. The fourth-order valence-corrected chi connectivity index (χ4v) is 3.33. The lowest BCUT2D eigenvalue weighted by Crippen LogP contribution is -2.36. The van der Waals surface area contributed by atoms with Crippen molar-refractivity contribution in [3.05, 3.63) is 51.3 Å². The van der Waals surface area contributed by atoms with Crippen LogP contribution in [0.1, 0.15) is 54.0 Å². The molecule has 0 saturated heterocycles. The number of anilines is 1. The van der Waals surface area contributed by atoms with Crippen molar-refractivity contribution in [2.75, 3.05) is 5.73 Å². The highest BCUT2D eigenvalue weighted by Gasteiger charge is 2.26. The number of aromatic nitrogens is 1. The summed E-state index contributed by atoms with van der Waals surface area (Å²) in [6.45, 7) is 8.89. The maximum Gasteiger partial charge on any atom is 0.342 e. The Balaban J connectivity index is 2.70. The van der Waals surface area contributed by atoms with Crippen LogP contribution in [0.5, 0.6) is 0 Å². The number of hydrogen-bond donors (Lipinski definition) is 4. The van der Waals surface area contributed by atoms with Crippen LogP contribution in [-0.2, 0) is 6.54 Å². The molecule has 0 spiro atoms. The third-order valence-electron chi connectivity index (χ3n) is 4.58. The van der Waals surface area contributed by atoms with Gasteiger partial charge in [-0.2, -0.15) is 0 Å². The van der Waals surface area contributed by atoms with Gasteiger partial charge in [-0.05, 0) is 44.9 Å². The molecule has 2 aromatic rings. The van der Waals surface area contributed by atoms with Crippen molar-refractivity contribution in [3.63, 3.8) is 0 Å². The predicted octanol–water partition coefficient (Wildman–Crippen LogP) is 2.64. The Bertz CT molecular complexity index is 955. The number of aromatic carboxylic acids is 2. The molecule has 0 saturated carbocycles. The van der Waals surface area contributed by atoms with Crippen molar-refractivity contribution >= 4 is 17.8 Å². The highest BCUT2D eigenvalue weighted by atomic mass is 16.4. The van der Waals surface area contributed by atoms with E-state index in [4.69, 9.17) is 5.73 Å². The summed E-state index contributed by atoms with van der Waals surface area (Å²) >= 11 is 0. The third kappa shape index (κ3) is 4.23. The molecule has 0 aliphatic carbocycles. The number of H-pyrrole nitrogens is 1. The summed E-state index contributed by atoms with van der Waals surface area (Å²) in [5, 5.41) is 19.1. The molecule has 0 fully saturated rings. The predicted molar refractivity (Wildman–Crippen MR) is 107 cm³/mol. The van der Waals surface area contributed by atoms with Gasteiger partial charge >= 0.3 is 11.9 Å². The van der Waals surface area contributed by atoms with Gasteiger partial charge in [0.15, 0.2) is 0 Å². The minimum absolute atomic E-state index is 0.191. The number of pyridine rings is 1. The molecule has 0 aliphatic rings. The van der Waals surface area contributed by atoms with E-state index in [1.165, 1.54) is 0 Å². The standard InChI is InChI=1S/C20H25N3O5/c1-10(2)23(11(3)4)9-12-6-5-7-13(8-12)14-15(19(25)26)17(21)22-18(24)16(14)20(27)28/h5-8,10-11H,9H2,1-4H3,(H,25,26)(H,27,28)(H3,21,22,24). The first-order valence-electron chi connectivity index (χ1n) is 8.92. The number of nitrogens with one attached hydrogen (secondary N) is 1. The zero-order chi connectivity index (χ0) is 21.2. The second-order valence-electron chi connectivity index (χ2n) is 7.16. The SMILES string of the molecule is CC(C)N(Cc1cccc(-c2c(C(=O)O)c(N)[nH]c(=O)c2C(=O)O)c1)C(C)C. The Kier molecular flexibility index (Phi) is 6.25. The maximum atomic E-state index is 12.2. The summed E-state index contributed by atoms with van der Waals surface area (Å²) in [7, 11) is 0. The monoisotopic (exact) mass is 387 g/mol. The lowest BCUT2D eigenvalue weighted by molar-refractivity contribution is 0.0695. The lowest BCUT2D eigenvalue weighted by atomic mass is 9.94. The molecular formula is C20H25N3O5. The van der Waals surface area contributed by atoms with Crippen LogP contribution in [0, 0.1) is 0 Å². The van der Waals surface area contributed by atoms with Gasteiger partial charge in [-0.25, -0.2) is 9.59 Å². The molecule has 2 rings (SSSR count). The van der Waals surface area contributed by atoms with E-state index in [9.17, 15) is 24.6 Å². The number of benzene rings is 1. The molecule has 1 aromatic carbocycles. The highest BCUT2D eigenvalue weighted by Crippen LogP contribution is 2.30. The van der Waals surface area contributed by atoms with Crippen molar-refractivity contribution in [2.24, 2.45) is 0 Å². The van der Waals surface area contributed by atoms with Gasteiger partial charge in [0.25, 0.3) is 5.56 Å². The molecule has 0 radical (unpaired) electrons. The van der Waals surface area contributed by atoms with Crippen LogP contribution >= 0.6 is 0 Å². The minimum Gasteiger partial charge on any atom is -0.478 e. The van der Waals surface area contributed by atoms with E-state index < -0.39 is 28.6 Å². The smallest absolute Gasteiger partial charge is 0.342 e. The molecule has 0 unspecified atom stereocenters. The molecule has 8 nitrogen and oxygen atoms in total. The topological polar surface area (TPSA) is 137 Å². The number of nitrogens with two attached hydrogens (primary N) is 1. The molecule has 150 valence electrons. The van der Waals surface area contributed by atoms with Gasteiger partial charge in [-0.1, -0.05) is 18.2 Å². The van der Waals surface area contributed by atoms with Crippen molar-refractivity contribution < 1.29 is 19.8 Å². The zero-order valence-corrected chi connectivity index (χ0v) is 16.3. The quantitative estimate of drug-likeness (QED) is 0.573. The molecule has 0 amide bonds. The van der Waals surface area contributed by atoms with Crippen molar-refractivity contribution in [3.8, 4) is 11.1 Å². The molecule has 0 atom stereocenters. The van der Waals surface area contributed by atoms with Crippen LogP contribution in [0.2, 0.25) is 0 Å². The maximum absolute atomic E-state index is 12.2. The van der Waals surface area contributed by atoms with Crippen LogP contribution in [0.4, 0.5) is 5.82 Å². The summed E-state index contributed by atoms with van der Waals surface area (Å²) < 4.78 is 0. The van der Waals surface area contributed by atoms with Gasteiger partial charge in [0.2, 0.25) is 0 Å². The van der Waals surface area contributed by atoms with Crippen molar-refractivity contribution in [1.29, 1.82) is 0 Å². The number of rotatable bonds is 7. The Morgan fingerprint density at radius 3 is 2.14 bits per heavy atom. The van der Waals surface area contributed by atoms with Crippen molar-refractivity contribution in [2.45, 2.75) is 46.3 Å². The molecule has 8 heteroatoms. The van der Waals surface area contributed by atoms with E-state index in [1.54, 1.807) is 18.2 Å². The van der Waals surface area contributed by atoms with Gasteiger partial charge < -0.3 is 20.9 Å². The molecule has 5 N–H and O–H groups in total. The van der Waals surface area contributed by atoms with Crippen LogP contribution < -0.4 is 11.3 Å². The largest absolute Gasteiger partial charge is 0.478 e. The van der Waals surface area contributed by atoms with Crippen LogP contribution in [0.25, 0.3) is 11.1 Å². The van der Waals surface area contributed by atoms with E-state index in [1.807, 2.05) is 6.07 Å². The molecule has 1 heterocycles. The minimum atomic E-state index is -1.52. The third-order valence-corrected chi connectivity index (χ3v) is 4.58. The Hall–Kier alpha value is -3.13. The number of aromatic amines is 1. The Labute approximate surface area is 162 Å². The van der Waals surface area contributed by atoms with E-state index in [2.05, 4.69) is 37.6 Å².